The van der Waals surface area contributed by atoms with Crippen molar-refractivity contribution in [3.8, 4) is 0 Å². The predicted molar refractivity (Wildman–Crippen MR) is 72.2 cm³/mol. The van der Waals surface area contributed by atoms with Crippen LogP contribution in [0.3, 0.4) is 0 Å². The normalized spacial score (nSPS) is 22.8. The molecule has 2 rings (SSSR count). The van der Waals surface area contributed by atoms with Crippen LogP contribution < -0.4 is 5.32 Å². The van der Waals surface area contributed by atoms with Crippen LogP contribution in [0.5, 0.6) is 0 Å². The summed E-state index contributed by atoms with van der Waals surface area (Å²) < 4.78 is 0. The van der Waals surface area contributed by atoms with E-state index in [1.54, 1.807) is 13.1 Å². The maximum Gasteiger partial charge on any atom is 0.224 e. The fraction of sp³-hybridized carbons (Fsp3) is 0.533. The zero-order valence-corrected chi connectivity index (χ0v) is 11.3. The molecule has 4 nitrogen and oxygen atoms in total. The summed E-state index contributed by atoms with van der Waals surface area (Å²) in [7, 11) is 0. The number of pyridine rings is 1. The van der Waals surface area contributed by atoms with E-state index in [9.17, 15) is 9.59 Å². The van der Waals surface area contributed by atoms with Crippen molar-refractivity contribution in [3.05, 3.63) is 30.1 Å². The molecule has 0 unspecified atom stereocenters. The minimum absolute atomic E-state index is 0.00875. The minimum atomic E-state index is -0.157. The minimum Gasteiger partial charge on any atom is -0.350 e. The number of aromatic nitrogens is 1. The molecule has 1 aromatic heterocycles. The number of ketones is 1. The van der Waals surface area contributed by atoms with Gasteiger partial charge in [-0.1, -0.05) is 18.9 Å². The van der Waals surface area contributed by atoms with Gasteiger partial charge in [-0.25, -0.2) is 0 Å². The SMILES string of the molecule is CC(=O)[C@@H]1CCCC[C@@H]1C(=O)NCc1ccccn1. The molecule has 0 bridgehead atoms. The molecule has 0 radical (unpaired) electrons. The average molecular weight is 260 g/mol. The van der Waals surface area contributed by atoms with Crippen LogP contribution in [0.4, 0.5) is 0 Å². The number of hydrogen-bond acceptors (Lipinski definition) is 3. The van der Waals surface area contributed by atoms with Crippen molar-refractivity contribution in [2.24, 2.45) is 11.8 Å². The highest BCUT2D eigenvalue weighted by atomic mass is 16.2. The van der Waals surface area contributed by atoms with Crippen LogP contribution in [0.1, 0.15) is 38.3 Å². The van der Waals surface area contributed by atoms with Crippen molar-refractivity contribution >= 4 is 11.7 Å². The number of rotatable bonds is 4. The van der Waals surface area contributed by atoms with Crippen molar-refractivity contribution in [1.82, 2.24) is 10.3 Å². The van der Waals surface area contributed by atoms with Crippen LogP contribution in [-0.4, -0.2) is 16.7 Å². The molecule has 1 aliphatic carbocycles. The number of carbonyl (C=O) groups excluding carboxylic acids is 2. The smallest absolute Gasteiger partial charge is 0.224 e. The van der Waals surface area contributed by atoms with Gasteiger partial charge in [-0.15, -0.1) is 0 Å². The van der Waals surface area contributed by atoms with Crippen LogP contribution in [0, 0.1) is 11.8 Å². The lowest BCUT2D eigenvalue weighted by atomic mass is 9.77. The Labute approximate surface area is 113 Å². The number of nitrogens with zero attached hydrogens (tertiary/aromatic N) is 1. The third kappa shape index (κ3) is 3.63. The zero-order valence-electron chi connectivity index (χ0n) is 11.3. The second-order valence-corrected chi connectivity index (χ2v) is 5.15. The summed E-state index contributed by atoms with van der Waals surface area (Å²) in [6.07, 6.45) is 5.45. The van der Waals surface area contributed by atoms with Gasteiger partial charge in [-0.2, -0.15) is 0 Å². The molecule has 0 saturated heterocycles. The second kappa shape index (κ2) is 6.45. The van der Waals surface area contributed by atoms with Crippen molar-refractivity contribution in [1.29, 1.82) is 0 Å². The Bertz CT molecular complexity index is 445. The monoisotopic (exact) mass is 260 g/mol. The topological polar surface area (TPSA) is 59.1 Å². The molecule has 0 aromatic carbocycles. The lowest BCUT2D eigenvalue weighted by Gasteiger charge is -2.28. The van der Waals surface area contributed by atoms with E-state index in [-0.39, 0.29) is 23.5 Å². The molecule has 1 amide bonds. The van der Waals surface area contributed by atoms with Gasteiger partial charge in [0.1, 0.15) is 5.78 Å². The van der Waals surface area contributed by atoms with Crippen LogP contribution in [-0.2, 0) is 16.1 Å². The van der Waals surface area contributed by atoms with E-state index >= 15 is 0 Å². The maximum atomic E-state index is 12.2. The number of carbonyl (C=O) groups is 2. The van der Waals surface area contributed by atoms with Crippen LogP contribution in [0.25, 0.3) is 0 Å². The third-order valence-electron chi connectivity index (χ3n) is 3.79. The molecule has 1 saturated carbocycles. The summed E-state index contributed by atoms with van der Waals surface area (Å²) in [6.45, 7) is 2.02. The molecule has 1 heterocycles. The van der Waals surface area contributed by atoms with Gasteiger partial charge in [0.15, 0.2) is 0 Å². The molecular weight excluding hydrogens is 240 g/mol. The van der Waals surface area contributed by atoms with Gasteiger partial charge in [0.05, 0.1) is 12.2 Å². The van der Waals surface area contributed by atoms with E-state index in [2.05, 4.69) is 10.3 Å². The average Bonchev–Trinajstić information content (AvgIpc) is 2.46. The van der Waals surface area contributed by atoms with Crippen LogP contribution in [0.2, 0.25) is 0 Å². The molecule has 0 spiro atoms. The molecule has 1 aromatic rings. The van der Waals surface area contributed by atoms with E-state index in [1.165, 1.54) is 0 Å². The van der Waals surface area contributed by atoms with Gasteiger partial charge >= 0.3 is 0 Å². The first-order valence-electron chi connectivity index (χ1n) is 6.86. The zero-order chi connectivity index (χ0) is 13.7. The van der Waals surface area contributed by atoms with Gasteiger partial charge in [-0.05, 0) is 31.9 Å². The van der Waals surface area contributed by atoms with Crippen molar-refractivity contribution < 1.29 is 9.59 Å². The van der Waals surface area contributed by atoms with Crippen molar-refractivity contribution in [2.45, 2.75) is 39.2 Å². The van der Waals surface area contributed by atoms with E-state index in [4.69, 9.17) is 0 Å². The lowest BCUT2D eigenvalue weighted by molar-refractivity contribution is -0.134. The summed E-state index contributed by atoms with van der Waals surface area (Å²) >= 11 is 0. The highest BCUT2D eigenvalue weighted by molar-refractivity contribution is 5.87. The fourth-order valence-electron chi connectivity index (χ4n) is 2.74. The quantitative estimate of drug-likeness (QED) is 0.901. The Balaban J connectivity index is 1.93. The molecule has 2 atom stereocenters. The molecule has 102 valence electrons. The highest BCUT2D eigenvalue weighted by Gasteiger charge is 2.33. The second-order valence-electron chi connectivity index (χ2n) is 5.15. The number of amides is 1. The summed E-state index contributed by atoms with van der Waals surface area (Å²) in [5, 5.41) is 2.90. The van der Waals surface area contributed by atoms with E-state index in [0.717, 1.165) is 31.4 Å². The first-order chi connectivity index (χ1) is 9.18. The Morgan fingerprint density at radius 2 is 2.00 bits per heavy atom. The summed E-state index contributed by atoms with van der Waals surface area (Å²) in [5.41, 5.74) is 0.839. The molecule has 4 heteroatoms. The van der Waals surface area contributed by atoms with Crippen LogP contribution in [0.15, 0.2) is 24.4 Å². The Morgan fingerprint density at radius 1 is 1.26 bits per heavy atom. The molecule has 0 aliphatic heterocycles. The standard InChI is InChI=1S/C15H20N2O2/c1-11(18)13-7-2-3-8-14(13)15(19)17-10-12-6-4-5-9-16-12/h4-6,9,13-14H,2-3,7-8,10H2,1H3,(H,17,19)/t13-,14-/m0/s1. The van der Waals surface area contributed by atoms with Crippen LogP contribution >= 0.6 is 0 Å². The lowest BCUT2D eigenvalue weighted by Crippen LogP contribution is -2.39. The Morgan fingerprint density at radius 3 is 2.63 bits per heavy atom. The predicted octanol–water partition coefficient (Wildman–Crippen LogP) is 2.09. The number of Topliss-reactive ketones (excluding diaryl/α,β-unsaturated/α-hetero) is 1. The summed E-state index contributed by atoms with van der Waals surface area (Å²) in [4.78, 5) is 28.0. The summed E-state index contributed by atoms with van der Waals surface area (Å²) in [5.74, 6) is -0.129. The first kappa shape index (κ1) is 13.7. The molecule has 19 heavy (non-hydrogen) atoms. The summed E-state index contributed by atoms with van der Waals surface area (Å²) in [6, 6.07) is 5.62. The maximum absolute atomic E-state index is 12.2. The van der Waals surface area contributed by atoms with Gasteiger partial charge < -0.3 is 5.32 Å². The van der Waals surface area contributed by atoms with Gasteiger partial charge in [0, 0.05) is 18.0 Å². The van der Waals surface area contributed by atoms with E-state index < -0.39 is 0 Å². The van der Waals surface area contributed by atoms with Gasteiger partial charge in [0.2, 0.25) is 5.91 Å². The molecule has 1 fully saturated rings. The molecule has 1 N–H and O–H groups in total. The molecular formula is C15H20N2O2. The fourth-order valence-corrected chi connectivity index (χ4v) is 2.74. The van der Waals surface area contributed by atoms with E-state index in [1.807, 2.05) is 18.2 Å². The van der Waals surface area contributed by atoms with Gasteiger partial charge in [0.25, 0.3) is 0 Å². The number of nitrogens with one attached hydrogen (secondary N) is 1. The Kier molecular flexibility index (Phi) is 4.66. The third-order valence-corrected chi connectivity index (χ3v) is 3.79. The largest absolute Gasteiger partial charge is 0.350 e. The van der Waals surface area contributed by atoms with Crippen molar-refractivity contribution in [2.75, 3.05) is 0 Å². The Hall–Kier alpha value is -1.71. The first-order valence-corrected chi connectivity index (χ1v) is 6.86. The van der Waals surface area contributed by atoms with E-state index in [0.29, 0.717) is 6.54 Å². The number of hydrogen-bond donors (Lipinski definition) is 1. The van der Waals surface area contributed by atoms with Crippen molar-refractivity contribution in [3.63, 3.8) is 0 Å². The molecule has 1 aliphatic rings. The van der Waals surface area contributed by atoms with Gasteiger partial charge in [-0.3, -0.25) is 14.6 Å². The highest BCUT2D eigenvalue weighted by Crippen LogP contribution is 2.30.